The zero-order chi connectivity index (χ0) is 26.3. The van der Waals surface area contributed by atoms with E-state index in [2.05, 4.69) is 47.1 Å². The number of pyridine rings is 1. The van der Waals surface area contributed by atoms with Gasteiger partial charge < -0.3 is 14.3 Å². The van der Waals surface area contributed by atoms with E-state index in [9.17, 15) is 13.2 Å². The molecular formula is C27H33N5O4S. The molecule has 9 nitrogen and oxygen atoms in total. The van der Waals surface area contributed by atoms with Crippen molar-refractivity contribution in [3.63, 3.8) is 0 Å². The molecular weight excluding hydrogens is 490 g/mol. The van der Waals surface area contributed by atoms with E-state index < -0.39 is 15.9 Å². The third kappa shape index (κ3) is 4.75. The van der Waals surface area contributed by atoms with Gasteiger partial charge in [-0.1, -0.05) is 17.3 Å². The van der Waals surface area contributed by atoms with Crippen molar-refractivity contribution in [3.05, 3.63) is 70.9 Å². The highest BCUT2D eigenvalue weighted by Crippen LogP contribution is 2.39. The van der Waals surface area contributed by atoms with Crippen molar-refractivity contribution in [2.45, 2.75) is 38.5 Å². The highest BCUT2D eigenvalue weighted by atomic mass is 32.2. The highest BCUT2D eigenvalue weighted by Gasteiger charge is 2.47. The fraction of sp³-hybridized carbons (Fsp3) is 0.444. The number of hydrogen-bond donors (Lipinski definition) is 0. The number of aryl methyl sites for hydroxylation is 4. The number of amides is 1. The maximum atomic E-state index is 13.9. The van der Waals surface area contributed by atoms with Crippen molar-refractivity contribution in [2.75, 3.05) is 44.2 Å². The van der Waals surface area contributed by atoms with Crippen molar-refractivity contribution < 1.29 is 17.7 Å². The van der Waals surface area contributed by atoms with Crippen molar-refractivity contribution >= 4 is 21.6 Å². The Morgan fingerprint density at radius 1 is 1.03 bits per heavy atom. The number of carbonyl (C=O) groups excluding carboxylic acids is 1. The Morgan fingerprint density at radius 3 is 2.43 bits per heavy atom. The van der Waals surface area contributed by atoms with E-state index >= 15 is 0 Å². The average molecular weight is 524 g/mol. The van der Waals surface area contributed by atoms with Crippen LogP contribution in [-0.2, 0) is 14.8 Å². The molecule has 0 saturated carbocycles. The van der Waals surface area contributed by atoms with Crippen LogP contribution in [0.3, 0.4) is 0 Å². The standard InChI is InChI=1S/C27H33N5O4S/c1-18-7-8-19(2)25(14-18)30-10-12-31(13-11-30)27(33)24-17-32(37(34,35)22-6-5-9-28-15-22)16-23(24)26-20(3)29-36-21(26)4/h5-9,14-15,23-24H,10-13,16-17H2,1-4H3/t23-,24?/m1/s1. The molecule has 37 heavy (non-hydrogen) atoms. The fourth-order valence-corrected chi connectivity index (χ4v) is 7.09. The first-order valence-electron chi connectivity index (χ1n) is 12.6. The SMILES string of the molecule is Cc1ccc(C)c(N2CCN(C(=O)C3CN(S(=O)(=O)c4cccnc4)C[C@H]3c3c(C)noc3C)CC2)c1. The fourth-order valence-electron chi connectivity index (χ4n) is 5.64. The van der Waals surface area contributed by atoms with Gasteiger partial charge in [-0.2, -0.15) is 4.31 Å². The molecule has 196 valence electrons. The molecule has 2 aromatic heterocycles. The van der Waals surface area contributed by atoms with Crippen LogP contribution in [0, 0.1) is 33.6 Å². The predicted octanol–water partition coefficient (Wildman–Crippen LogP) is 3.06. The maximum absolute atomic E-state index is 13.9. The first-order chi connectivity index (χ1) is 17.7. The van der Waals surface area contributed by atoms with E-state index in [0.29, 0.717) is 24.5 Å². The summed E-state index contributed by atoms with van der Waals surface area (Å²) in [5.41, 5.74) is 5.16. The van der Waals surface area contributed by atoms with Gasteiger partial charge in [-0.25, -0.2) is 8.42 Å². The van der Waals surface area contributed by atoms with Crippen LogP contribution >= 0.6 is 0 Å². The van der Waals surface area contributed by atoms with Crippen molar-refractivity contribution in [3.8, 4) is 0 Å². The molecule has 3 aromatic rings. The summed E-state index contributed by atoms with van der Waals surface area (Å²) in [7, 11) is -3.80. The summed E-state index contributed by atoms with van der Waals surface area (Å²) in [5.74, 6) is -0.243. The summed E-state index contributed by atoms with van der Waals surface area (Å²) >= 11 is 0. The lowest BCUT2D eigenvalue weighted by Gasteiger charge is -2.38. The van der Waals surface area contributed by atoms with Crippen LogP contribution in [-0.4, -0.2) is 72.9 Å². The smallest absolute Gasteiger partial charge is 0.244 e. The largest absolute Gasteiger partial charge is 0.368 e. The highest BCUT2D eigenvalue weighted by molar-refractivity contribution is 7.89. The Balaban J connectivity index is 1.39. The summed E-state index contributed by atoms with van der Waals surface area (Å²) in [6, 6.07) is 9.57. The van der Waals surface area contributed by atoms with Gasteiger partial charge in [0.05, 0.1) is 11.6 Å². The monoisotopic (exact) mass is 523 g/mol. The molecule has 0 aliphatic carbocycles. The molecule has 2 aliphatic heterocycles. The van der Waals surface area contributed by atoms with Crippen molar-refractivity contribution in [1.82, 2.24) is 19.3 Å². The third-order valence-corrected chi connectivity index (χ3v) is 9.45. The van der Waals surface area contributed by atoms with Gasteiger partial charge in [0.2, 0.25) is 15.9 Å². The predicted molar refractivity (Wildman–Crippen MR) is 140 cm³/mol. The molecule has 5 rings (SSSR count). The molecule has 0 bridgehead atoms. The van der Waals surface area contributed by atoms with E-state index in [1.807, 2.05) is 18.7 Å². The number of anilines is 1. The van der Waals surface area contributed by atoms with Crippen LogP contribution in [0.15, 0.2) is 52.1 Å². The summed E-state index contributed by atoms with van der Waals surface area (Å²) in [6.07, 6.45) is 2.89. The second kappa shape index (κ2) is 9.90. The molecule has 2 aliphatic rings. The number of aromatic nitrogens is 2. The van der Waals surface area contributed by atoms with Crippen molar-refractivity contribution in [2.24, 2.45) is 5.92 Å². The molecule has 0 spiro atoms. The minimum Gasteiger partial charge on any atom is -0.368 e. The minimum absolute atomic E-state index is 0.0190. The normalized spacial score (nSPS) is 21.0. The van der Waals surface area contributed by atoms with Crippen LogP contribution < -0.4 is 4.90 Å². The first-order valence-corrected chi connectivity index (χ1v) is 14.0. The van der Waals surface area contributed by atoms with Gasteiger partial charge in [0.1, 0.15) is 10.7 Å². The second-order valence-electron chi connectivity index (χ2n) is 10.1. The molecule has 1 aromatic carbocycles. The topological polar surface area (TPSA) is 99.8 Å². The summed E-state index contributed by atoms with van der Waals surface area (Å²) in [6.45, 7) is 10.8. The molecule has 1 amide bonds. The Morgan fingerprint density at radius 2 is 1.78 bits per heavy atom. The number of benzene rings is 1. The lowest BCUT2D eigenvalue weighted by molar-refractivity contribution is -0.135. The molecule has 2 fully saturated rings. The number of sulfonamides is 1. The van der Waals surface area contributed by atoms with E-state index in [4.69, 9.17) is 4.52 Å². The van der Waals surface area contributed by atoms with Gasteiger partial charge >= 0.3 is 0 Å². The molecule has 2 atom stereocenters. The average Bonchev–Trinajstić information content (AvgIpc) is 3.48. The van der Waals surface area contributed by atoms with Crippen molar-refractivity contribution in [1.29, 1.82) is 0 Å². The van der Waals surface area contributed by atoms with Gasteiger partial charge in [-0.15, -0.1) is 0 Å². The van der Waals surface area contributed by atoms with E-state index in [1.165, 1.54) is 33.4 Å². The number of carbonyl (C=O) groups is 1. The Kier molecular flexibility index (Phi) is 6.80. The van der Waals surface area contributed by atoms with Gasteiger partial charge in [-0.3, -0.25) is 9.78 Å². The summed E-state index contributed by atoms with van der Waals surface area (Å²) < 4.78 is 33.7. The van der Waals surface area contributed by atoms with Crippen LogP contribution in [0.4, 0.5) is 5.69 Å². The third-order valence-electron chi connectivity index (χ3n) is 7.63. The number of piperazine rings is 1. The van der Waals surface area contributed by atoms with E-state index in [1.54, 1.807) is 12.3 Å². The Hall–Kier alpha value is -3.24. The second-order valence-corrected chi connectivity index (χ2v) is 12.0. The van der Waals surface area contributed by atoms with Crippen LogP contribution in [0.5, 0.6) is 0 Å². The lowest BCUT2D eigenvalue weighted by Crippen LogP contribution is -2.51. The van der Waals surface area contributed by atoms with E-state index in [0.717, 1.165) is 18.7 Å². The van der Waals surface area contributed by atoms with Gasteiger partial charge in [0.15, 0.2) is 0 Å². The molecule has 4 heterocycles. The van der Waals surface area contributed by atoms with Crippen LogP contribution in [0.25, 0.3) is 0 Å². The molecule has 0 N–H and O–H groups in total. The lowest BCUT2D eigenvalue weighted by atomic mass is 9.86. The number of rotatable bonds is 5. The van der Waals surface area contributed by atoms with Gasteiger partial charge in [-0.05, 0) is 57.0 Å². The Labute approximate surface area is 218 Å². The molecule has 0 radical (unpaired) electrons. The minimum atomic E-state index is -3.80. The molecule has 1 unspecified atom stereocenters. The number of nitrogens with zero attached hydrogens (tertiary/aromatic N) is 5. The van der Waals surface area contributed by atoms with Gasteiger partial charge in [0, 0.05) is 68.8 Å². The maximum Gasteiger partial charge on any atom is 0.244 e. The summed E-state index contributed by atoms with van der Waals surface area (Å²) in [4.78, 5) is 22.2. The number of hydrogen-bond acceptors (Lipinski definition) is 7. The molecule has 10 heteroatoms. The quantitative estimate of drug-likeness (QED) is 0.507. The van der Waals surface area contributed by atoms with E-state index in [-0.39, 0.29) is 29.8 Å². The van der Waals surface area contributed by atoms with Crippen LogP contribution in [0.1, 0.15) is 34.1 Å². The first kappa shape index (κ1) is 25.4. The zero-order valence-corrected chi connectivity index (χ0v) is 22.5. The van der Waals surface area contributed by atoms with Crippen LogP contribution in [0.2, 0.25) is 0 Å². The van der Waals surface area contributed by atoms with Gasteiger partial charge in [0.25, 0.3) is 0 Å². The summed E-state index contributed by atoms with van der Waals surface area (Å²) in [5, 5.41) is 4.09. The zero-order valence-electron chi connectivity index (χ0n) is 21.7. The Bertz CT molecular complexity index is 1380. The molecule has 2 saturated heterocycles.